The molecule has 0 radical (unpaired) electrons. The Hall–Kier alpha value is -1.18. The van der Waals surface area contributed by atoms with E-state index in [1.54, 1.807) is 0 Å². The summed E-state index contributed by atoms with van der Waals surface area (Å²) in [6.45, 7) is 1.41. The first kappa shape index (κ1) is 12.9. The van der Waals surface area contributed by atoms with Crippen LogP contribution in [0, 0.1) is 0 Å². The number of hydroxylamine groups is 1. The summed E-state index contributed by atoms with van der Waals surface area (Å²) in [7, 11) is 0. The Morgan fingerprint density at radius 1 is 1.31 bits per heavy atom. The number of hydrogen-bond acceptors (Lipinski definition) is 5. The van der Waals surface area contributed by atoms with Gasteiger partial charge in [-0.15, -0.1) is 0 Å². The fourth-order valence-corrected chi connectivity index (χ4v) is 1.37. The van der Waals surface area contributed by atoms with E-state index in [1.165, 1.54) is 0 Å². The van der Waals surface area contributed by atoms with E-state index in [4.69, 9.17) is 10.5 Å². The molecule has 7 heteroatoms. The summed E-state index contributed by atoms with van der Waals surface area (Å²) >= 11 is 0. The largest absolute Gasteiger partial charge is 0.368 e. The van der Waals surface area contributed by atoms with Gasteiger partial charge in [-0.2, -0.15) is 0 Å². The Morgan fingerprint density at radius 3 is 2.62 bits per heavy atom. The monoisotopic (exact) mass is 231 g/mol. The lowest BCUT2D eigenvalue weighted by Crippen LogP contribution is -2.36. The zero-order valence-corrected chi connectivity index (χ0v) is 9.03. The molecule has 1 heterocycles. The number of primary amides is 1. The molecule has 92 valence electrons. The summed E-state index contributed by atoms with van der Waals surface area (Å²) in [5.41, 5.74) is 6.89. The maximum Gasteiger partial charge on any atom is 0.269 e. The minimum Gasteiger partial charge on any atom is -0.368 e. The summed E-state index contributed by atoms with van der Waals surface area (Å²) in [6, 6.07) is 0. The Balaban J connectivity index is 2.02. The fraction of sp³-hybridized carbons (Fsp3) is 0.778. The van der Waals surface area contributed by atoms with Crippen LogP contribution in [0.25, 0.3) is 0 Å². The molecule has 1 fully saturated rings. The number of carbonyl (C=O) groups is 2. The van der Waals surface area contributed by atoms with Crippen molar-refractivity contribution in [2.24, 2.45) is 5.73 Å². The topological polar surface area (TPSA) is 103 Å². The van der Waals surface area contributed by atoms with Gasteiger partial charge in [-0.1, -0.05) is 0 Å². The van der Waals surface area contributed by atoms with Gasteiger partial charge in [0.15, 0.2) is 6.61 Å². The van der Waals surface area contributed by atoms with Crippen molar-refractivity contribution in [3.8, 4) is 0 Å². The third-order valence-electron chi connectivity index (χ3n) is 2.14. The van der Waals surface area contributed by atoms with Crippen molar-refractivity contribution in [3.05, 3.63) is 0 Å². The quantitative estimate of drug-likeness (QED) is 0.472. The van der Waals surface area contributed by atoms with Gasteiger partial charge in [-0.25, -0.2) is 5.48 Å². The summed E-state index contributed by atoms with van der Waals surface area (Å²) in [5, 5.41) is 3.19. The Bertz CT molecular complexity index is 241. The van der Waals surface area contributed by atoms with Crippen LogP contribution in [-0.4, -0.2) is 44.2 Å². The lowest BCUT2D eigenvalue weighted by molar-refractivity contribution is -0.143. The van der Waals surface area contributed by atoms with Crippen molar-refractivity contribution in [2.45, 2.75) is 18.9 Å². The van der Waals surface area contributed by atoms with Crippen molar-refractivity contribution in [3.63, 3.8) is 0 Å². The highest BCUT2D eigenvalue weighted by Gasteiger charge is 2.14. The molecule has 1 saturated heterocycles. The van der Waals surface area contributed by atoms with Crippen molar-refractivity contribution in [1.82, 2.24) is 10.8 Å². The van der Waals surface area contributed by atoms with Gasteiger partial charge in [0.05, 0.1) is 6.10 Å². The Labute approximate surface area is 93.6 Å². The van der Waals surface area contributed by atoms with Crippen LogP contribution in [0.15, 0.2) is 0 Å². The van der Waals surface area contributed by atoms with Gasteiger partial charge in [0.1, 0.15) is 6.61 Å². The van der Waals surface area contributed by atoms with Crippen molar-refractivity contribution in [1.29, 1.82) is 0 Å². The number of nitrogens with one attached hydrogen (secondary N) is 2. The maximum absolute atomic E-state index is 11.1. The second-order valence-electron chi connectivity index (χ2n) is 3.54. The summed E-state index contributed by atoms with van der Waals surface area (Å²) in [4.78, 5) is 26.0. The van der Waals surface area contributed by atoms with Gasteiger partial charge in [-0.05, 0) is 25.9 Å². The first-order chi connectivity index (χ1) is 7.68. The summed E-state index contributed by atoms with van der Waals surface area (Å²) < 4.78 is 5.35. The zero-order chi connectivity index (χ0) is 11.8. The summed E-state index contributed by atoms with van der Waals surface area (Å²) in [6.07, 6.45) is 1.91. The molecule has 0 aliphatic carbocycles. The third-order valence-corrected chi connectivity index (χ3v) is 2.14. The van der Waals surface area contributed by atoms with Gasteiger partial charge in [0.25, 0.3) is 5.91 Å². The van der Waals surface area contributed by atoms with Crippen molar-refractivity contribution in [2.75, 3.05) is 26.3 Å². The summed E-state index contributed by atoms with van der Waals surface area (Å²) in [5.74, 6) is -1.06. The highest BCUT2D eigenvalue weighted by molar-refractivity contribution is 5.77. The number of nitrogens with two attached hydrogens (primary N) is 1. The van der Waals surface area contributed by atoms with Crippen LogP contribution in [0.3, 0.4) is 0 Å². The van der Waals surface area contributed by atoms with Crippen molar-refractivity contribution < 1.29 is 19.2 Å². The minimum absolute atomic E-state index is 0.0660. The average molecular weight is 231 g/mol. The van der Waals surface area contributed by atoms with Crippen molar-refractivity contribution >= 4 is 11.8 Å². The van der Waals surface area contributed by atoms with E-state index in [0.29, 0.717) is 0 Å². The van der Waals surface area contributed by atoms with Gasteiger partial charge in [-0.3, -0.25) is 14.4 Å². The van der Waals surface area contributed by atoms with E-state index in [0.717, 1.165) is 25.9 Å². The second-order valence-corrected chi connectivity index (χ2v) is 3.54. The molecule has 0 saturated carbocycles. The predicted octanol–water partition coefficient (Wildman–Crippen LogP) is -1.71. The van der Waals surface area contributed by atoms with E-state index in [1.807, 2.05) is 0 Å². The van der Waals surface area contributed by atoms with Crippen LogP contribution in [0.2, 0.25) is 0 Å². The van der Waals surface area contributed by atoms with E-state index in [9.17, 15) is 9.59 Å². The lowest BCUT2D eigenvalue weighted by atomic mass is 10.1. The van der Waals surface area contributed by atoms with E-state index in [-0.39, 0.29) is 19.3 Å². The van der Waals surface area contributed by atoms with E-state index in [2.05, 4.69) is 15.6 Å². The molecule has 0 aromatic rings. The molecule has 1 rings (SSSR count). The zero-order valence-electron chi connectivity index (χ0n) is 9.03. The predicted molar refractivity (Wildman–Crippen MR) is 55.1 cm³/mol. The normalized spacial score (nSPS) is 17.0. The van der Waals surface area contributed by atoms with Crippen LogP contribution in [-0.2, 0) is 19.2 Å². The standard InChI is InChI=1S/C9H17N3O4/c10-8(13)5-16-12-9(14)6-15-7-1-3-11-4-2-7/h7,11H,1-6H2,(H2,10,13)(H,12,14). The van der Waals surface area contributed by atoms with E-state index >= 15 is 0 Å². The molecule has 1 aliphatic heterocycles. The molecule has 1 aliphatic rings. The molecular weight excluding hydrogens is 214 g/mol. The Morgan fingerprint density at radius 2 is 2.00 bits per heavy atom. The van der Waals surface area contributed by atoms with Crippen LogP contribution >= 0.6 is 0 Å². The molecule has 7 nitrogen and oxygen atoms in total. The van der Waals surface area contributed by atoms with Crippen LogP contribution in [0.5, 0.6) is 0 Å². The van der Waals surface area contributed by atoms with Crippen LogP contribution < -0.4 is 16.5 Å². The van der Waals surface area contributed by atoms with Gasteiger partial charge < -0.3 is 15.8 Å². The molecule has 0 aromatic carbocycles. The third kappa shape index (κ3) is 5.64. The Kier molecular flexibility index (Phi) is 5.76. The van der Waals surface area contributed by atoms with E-state index < -0.39 is 11.8 Å². The smallest absolute Gasteiger partial charge is 0.269 e. The molecule has 16 heavy (non-hydrogen) atoms. The molecule has 0 spiro atoms. The molecule has 0 atom stereocenters. The minimum atomic E-state index is -0.639. The highest BCUT2D eigenvalue weighted by Crippen LogP contribution is 2.06. The lowest BCUT2D eigenvalue weighted by Gasteiger charge is -2.22. The molecule has 0 unspecified atom stereocenters. The van der Waals surface area contributed by atoms with Gasteiger partial charge in [0, 0.05) is 0 Å². The maximum atomic E-state index is 11.1. The fourth-order valence-electron chi connectivity index (χ4n) is 1.37. The highest BCUT2D eigenvalue weighted by atomic mass is 16.7. The first-order valence-corrected chi connectivity index (χ1v) is 5.19. The molecule has 2 amide bonds. The average Bonchev–Trinajstić information content (AvgIpc) is 2.27. The van der Waals surface area contributed by atoms with Crippen LogP contribution in [0.1, 0.15) is 12.8 Å². The SMILES string of the molecule is NC(=O)CONC(=O)COC1CCNCC1. The second kappa shape index (κ2) is 7.15. The number of amides is 2. The number of ether oxygens (including phenoxy) is 1. The molecule has 0 bridgehead atoms. The number of hydrogen-bond donors (Lipinski definition) is 3. The molecular formula is C9H17N3O4. The van der Waals surface area contributed by atoms with Gasteiger partial charge in [0.2, 0.25) is 5.91 Å². The first-order valence-electron chi connectivity index (χ1n) is 5.19. The number of piperidine rings is 1. The van der Waals surface area contributed by atoms with Gasteiger partial charge >= 0.3 is 0 Å². The number of rotatable bonds is 6. The molecule has 4 N–H and O–H groups in total. The number of carbonyl (C=O) groups excluding carboxylic acids is 2. The molecule has 0 aromatic heterocycles. The van der Waals surface area contributed by atoms with Crippen LogP contribution in [0.4, 0.5) is 0 Å².